The molecule has 10 aromatic carbocycles. The molecule has 0 radical (unpaired) electrons. The van der Waals surface area contributed by atoms with Crippen molar-refractivity contribution in [2.75, 3.05) is 0 Å². The predicted molar refractivity (Wildman–Crippen MR) is 217 cm³/mol. The van der Waals surface area contributed by atoms with Crippen molar-refractivity contribution in [1.82, 2.24) is 0 Å². The number of benzene rings is 10. The normalized spacial score (nSPS) is 11.9. The van der Waals surface area contributed by atoms with Crippen molar-refractivity contribution in [1.29, 1.82) is 0 Å². The van der Waals surface area contributed by atoms with Crippen LogP contribution in [0.15, 0.2) is 186 Å². The van der Waals surface area contributed by atoms with Crippen molar-refractivity contribution in [2.45, 2.75) is 0 Å². The van der Waals surface area contributed by atoms with Gasteiger partial charge in [0.25, 0.3) is 0 Å². The van der Waals surface area contributed by atoms with Crippen LogP contribution < -0.4 is 0 Å². The smallest absolute Gasteiger partial charge is 0.136 e. The van der Waals surface area contributed by atoms with E-state index in [9.17, 15) is 0 Å². The summed E-state index contributed by atoms with van der Waals surface area (Å²) in [5.41, 5.74) is 11.7. The zero-order valence-electron chi connectivity index (χ0n) is 27.7. The van der Waals surface area contributed by atoms with E-state index in [4.69, 9.17) is 4.42 Å². The maximum atomic E-state index is 6.37. The fraction of sp³-hybridized carbons (Fsp3) is 0. The first-order valence-electron chi connectivity index (χ1n) is 17.6. The van der Waals surface area contributed by atoms with Crippen molar-refractivity contribution in [3.63, 3.8) is 0 Å². The molecule has 0 aliphatic carbocycles. The molecule has 0 aliphatic heterocycles. The molecule has 51 heavy (non-hydrogen) atoms. The van der Waals surface area contributed by atoms with Crippen LogP contribution in [0.25, 0.3) is 110 Å². The van der Waals surface area contributed by atoms with Crippen LogP contribution in [-0.4, -0.2) is 0 Å². The zero-order valence-corrected chi connectivity index (χ0v) is 27.7. The molecule has 236 valence electrons. The summed E-state index contributed by atoms with van der Waals surface area (Å²) in [6.07, 6.45) is 0. The molecule has 0 N–H and O–H groups in total. The Hall–Kier alpha value is -6.70. The van der Waals surface area contributed by atoms with Gasteiger partial charge in [-0.15, -0.1) is 0 Å². The second-order valence-electron chi connectivity index (χ2n) is 13.6. The Morgan fingerprint density at radius 3 is 1.61 bits per heavy atom. The summed E-state index contributed by atoms with van der Waals surface area (Å²) in [5, 5.41) is 12.3. The lowest BCUT2D eigenvalue weighted by Gasteiger charge is -2.21. The first kappa shape index (κ1) is 28.2. The average molecular weight is 647 g/mol. The van der Waals surface area contributed by atoms with E-state index in [0.717, 1.165) is 11.2 Å². The van der Waals surface area contributed by atoms with Crippen LogP contribution in [0.4, 0.5) is 0 Å². The molecule has 0 amide bonds. The van der Waals surface area contributed by atoms with Crippen LogP contribution in [0.3, 0.4) is 0 Å². The van der Waals surface area contributed by atoms with E-state index >= 15 is 0 Å². The minimum Gasteiger partial charge on any atom is -0.456 e. The summed E-state index contributed by atoms with van der Waals surface area (Å²) in [4.78, 5) is 0. The van der Waals surface area contributed by atoms with Crippen LogP contribution >= 0.6 is 0 Å². The monoisotopic (exact) mass is 646 g/mol. The molecular formula is C50H30O. The Kier molecular flexibility index (Phi) is 6.02. The summed E-state index contributed by atoms with van der Waals surface area (Å²) in [6, 6.07) is 66.4. The van der Waals surface area contributed by atoms with E-state index < -0.39 is 0 Å². The van der Waals surface area contributed by atoms with E-state index in [1.165, 1.54) is 98.4 Å². The molecule has 0 unspecified atom stereocenters. The lowest BCUT2D eigenvalue weighted by atomic mass is 9.82. The van der Waals surface area contributed by atoms with Gasteiger partial charge < -0.3 is 4.42 Å². The Labute approximate surface area is 295 Å². The lowest BCUT2D eigenvalue weighted by Crippen LogP contribution is -1.94. The molecule has 0 spiro atoms. The molecule has 0 aliphatic rings. The fourth-order valence-corrected chi connectivity index (χ4v) is 8.54. The molecule has 1 nitrogen and oxygen atoms in total. The summed E-state index contributed by atoms with van der Waals surface area (Å²) < 4.78 is 6.37. The molecular weight excluding hydrogens is 617 g/mol. The highest BCUT2D eigenvalue weighted by Crippen LogP contribution is 2.49. The summed E-state index contributed by atoms with van der Waals surface area (Å²) >= 11 is 0. The van der Waals surface area contributed by atoms with Gasteiger partial charge in [-0.1, -0.05) is 152 Å². The Bertz CT molecular complexity index is 3070. The van der Waals surface area contributed by atoms with Crippen LogP contribution in [0.5, 0.6) is 0 Å². The molecule has 0 saturated heterocycles. The number of fused-ring (bicyclic) bond motifs is 3. The minimum absolute atomic E-state index is 0.935. The average Bonchev–Trinajstić information content (AvgIpc) is 3.59. The van der Waals surface area contributed by atoms with Crippen molar-refractivity contribution < 1.29 is 4.42 Å². The highest BCUT2D eigenvalue weighted by molar-refractivity contribution is 6.29. The van der Waals surface area contributed by atoms with E-state index in [-0.39, 0.29) is 0 Å². The maximum absolute atomic E-state index is 6.37. The molecule has 1 heterocycles. The minimum atomic E-state index is 0.935. The van der Waals surface area contributed by atoms with Gasteiger partial charge in [0, 0.05) is 10.8 Å². The summed E-state index contributed by atoms with van der Waals surface area (Å²) in [7, 11) is 0. The molecule has 0 saturated carbocycles. The van der Waals surface area contributed by atoms with E-state index in [1.807, 2.05) is 0 Å². The second-order valence-corrected chi connectivity index (χ2v) is 13.6. The van der Waals surface area contributed by atoms with Crippen LogP contribution in [-0.2, 0) is 0 Å². The van der Waals surface area contributed by atoms with Crippen molar-refractivity contribution in [3.8, 4) is 44.5 Å². The Morgan fingerprint density at radius 1 is 0.275 bits per heavy atom. The third-order valence-electron chi connectivity index (χ3n) is 10.8. The maximum Gasteiger partial charge on any atom is 0.136 e. The summed E-state index contributed by atoms with van der Waals surface area (Å²) in [5.74, 6) is 0. The van der Waals surface area contributed by atoms with Gasteiger partial charge in [-0.25, -0.2) is 0 Å². The zero-order chi connectivity index (χ0) is 33.5. The van der Waals surface area contributed by atoms with E-state index in [0.29, 0.717) is 0 Å². The van der Waals surface area contributed by atoms with Gasteiger partial charge in [0.15, 0.2) is 0 Å². The quantitative estimate of drug-likeness (QED) is 0.137. The Balaban J connectivity index is 1.21. The Morgan fingerprint density at radius 2 is 0.843 bits per heavy atom. The molecule has 1 heteroatoms. The standard InChI is InChI=1S/C50H30O/c1-2-12-32(13-3-1)44-30-36(35-22-21-31-11-4-5-14-34(31)29-35)24-26-43(44)49-39-18-8-6-16-37(39)48(38-17-7-9-19-40(38)49)41-27-28-46-50-42(41)25-23-33-15-10-20-45(51-46)47(33)50/h1-30H. The molecule has 0 bridgehead atoms. The van der Waals surface area contributed by atoms with Gasteiger partial charge >= 0.3 is 0 Å². The molecule has 11 rings (SSSR count). The topological polar surface area (TPSA) is 13.1 Å². The first-order valence-corrected chi connectivity index (χ1v) is 17.6. The number of hydrogen-bond acceptors (Lipinski definition) is 1. The number of furan rings is 1. The van der Waals surface area contributed by atoms with Gasteiger partial charge in [-0.2, -0.15) is 0 Å². The SMILES string of the molecule is c1ccc(-c2cc(-c3ccc4ccccc4c3)ccc2-c2c3ccccc3c(-c3ccc4oc5cccc6ccc3c4c65)c3ccccc23)cc1. The summed E-state index contributed by atoms with van der Waals surface area (Å²) in [6.45, 7) is 0. The van der Waals surface area contributed by atoms with Crippen LogP contribution in [0.2, 0.25) is 0 Å². The highest BCUT2D eigenvalue weighted by atomic mass is 16.3. The van der Waals surface area contributed by atoms with Crippen molar-refractivity contribution in [3.05, 3.63) is 182 Å². The first-order chi connectivity index (χ1) is 25.3. The largest absolute Gasteiger partial charge is 0.456 e. The van der Waals surface area contributed by atoms with Gasteiger partial charge in [-0.05, 0) is 118 Å². The third-order valence-corrected chi connectivity index (χ3v) is 10.8. The van der Waals surface area contributed by atoms with Crippen molar-refractivity contribution >= 4 is 65.0 Å². The van der Waals surface area contributed by atoms with Gasteiger partial charge in [0.1, 0.15) is 11.2 Å². The highest BCUT2D eigenvalue weighted by Gasteiger charge is 2.22. The number of hydrogen-bond donors (Lipinski definition) is 0. The molecule has 1 aromatic heterocycles. The van der Waals surface area contributed by atoms with Gasteiger partial charge in [-0.3, -0.25) is 0 Å². The molecule has 0 fully saturated rings. The van der Waals surface area contributed by atoms with Crippen LogP contribution in [0.1, 0.15) is 0 Å². The van der Waals surface area contributed by atoms with Crippen molar-refractivity contribution in [2.24, 2.45) is 0 Å². The number of rotatable bonds is 4. The third kappa shape index (κ3) is 4.22. The van der Waals surface area contributed by atoms with E-state index in [2.05, 4.69) is 182 Å². The molecule has 11 aromatic rings. The van der Waals surface area contributed by atoms with E-state index in [1.54, 1.807) is 0 Å². The fourth-order valence-electron chi connectivity index (χ4n) is 8.54. The predicted octanol–water partition coefficient (Wildman–Crippen LogP) is 14.3. The second kappa shape index (κ2) is 10.9. The van der Waals surface area contributed by atoms with Crippen LogP contribution in [0, 0.1) is 0 Å². The lowest BCUT2D eigenvalue weighted by molar-refractivity contribution is 0.669. The van der Waals surface area contributed by atoms with Gasteiger partial charge in [0.2, 0.25) is 0 Å². The molecule has 0 atom stereocenters. The van der Waals surface area contributed by atoms with Gasteiger partial charge in [0.05, 0.1) is 0 Å².